The average molecular weight is 336 g/mol. The molecule has 6 nitrogen and oxygen atoms in total. The smallest absolute Gasteiger partial charge is 0.316 e. The molecule has 0 aliphatic heterocycles. The number of ether oxygens (including phenoxy) is 1. The summed E-state index contributed by atoms with van der Waals surface area (Å²) >= 11 is 1.22. The molecule has 0 radical (unpaired) electrons. The molecule has 0 aliphatic carbocycles. The summed E-state index contributed by atoms with van der Waals surface area (Å²) < 4.78 is 6.62. The summed E-state index contributed by atoms with van der Waals surface area (Å²) in [6.07, 6.45) is 0.822. The summed E-state index contributed by atoms with van der Waals surface area (Å²) in [7, 11) is 0. The molecule has 2 N–H and O–H groups in total. The van der Waals surface area contributed by atoms with Gasteiger partial charge in [0, 0.05) is 0 Å². The lowest BCUT2D eigenvalue weighted by Crippen LogP contribution is -2.13. The first-order chi connectivity index (χ1) is 11.2. The first kappa shape index (κ1) is 17.5. The fourth-order valence-corrected chi connectivity index (χ4v) is 2.91. The molecule has 1 heterocycles. The van der Waals surface area contributed by atoms with Gasteiger partial charge in [0.2, 0.25) is 0 Å². The molecule has 0 spiro atoms. The molecule has 2 rings (SSSR count). The van der Waals surface area contributed by atoms with Crippen LogP contribution in [0.3, 0.4) is 0 Å². The van der Waals surface area contributed by atoms with Gasteiger partial charge in [-0.05, 0) is 12.5 Å². The average Bonchev–Trinajstić information content (AvgIpc) is 2.96. The van der Waals surface area contributed by atoms with Crippen molar-refractivity contribution in [3.8, 4) is 0 Å². The Bertz CT molecular complexity index is 630. The minimum atomic E-state index is -0.724. The Kier molecular flexibility index (Phi) is 6.64. The molecule has 0 saturated carbocycles. The van der Waals surface area contributed by atoms with E-state index in [-0.39, 0.29) is 24.9 Å². The topological polar surface area (TPSA) is 84.6 Å². The van der Waals surface area contributed by atoms with Gasteiger partial charge >= 0.3 is 5.97 Å². The fourth-order valence-electron chi connectivity index (χ4n) is 2.11. The Morgan fingerprint density at radius 3 is 2.78 bits per heavy atom. The van der Waals surface area contributed by atoms with E-state index in [1.807, 2.05) is 30.3 Å². The molecule has 1 unspecified atom stereocenters. The third-order valence-electron chi connectivity index (χ3n) is 3.23. The van der Waals surface area contributed by atoms with Gasteiger partial charge in [0.05, 0.1) is 43.5 Å². The molecule has 1 aromatic heterocycles. The monoisotopic (exact) mass is 336 g/mol. The number of aliphatic hydroxyl groups excluding tert-OH is 2. The third kappa shape index (κ3) is 4.82. The van der Waals surface area contributed by atoms with Crippen LogP contribution in [-0.4, -0.2) is 38.1 Å². The predicted molar refractivity (Wildman–Crippen MR) is 86.9 cm³/mol. The van der Waals surface area contributed by atoms with E-state index in [0.717, 1.165) is 5.56 Å². The molecule has 0 saturated heterocycles. The highest BCUT2D eigenvalue weighted by Crippen LogP contribution is 2.23. The lowest BCUT2D eigenvalue weighted by molar-refractivity contribution is -0.139. The Balaban J connectivity index is 2.10. The van der Waals surface area contributed by atoms with E-state index >= 15 is 0 Å². The Hall–Kier alpha value is -1.83. The van der Waals surface area contributed by atoms with Crippen LogP contribution >= 0.6 is 11.8 Å². The number of hydrogen-bond acceptors (Lipinski definition) is 6. The van der Waals surface area contributed by atoms with Crippen LogP contribution in [-0.2, 0) is 22.7 Å². The second-order valence-electron chi connectivity index (χ2n) is 4.82. The first-order valence-electron chi connectivity index (χ1n) is 7.32. The largest absolute Gasteiger partial charge is 0.465 e. The van der Waals surface area contributed by atoms with E-state index in [4.69, 9.17) is 4.74 Å². The van der Waals surface area contributed by atoms with Crippen LogP contribution in [0.15, 0.2) is 41.7 Å². The zero-order chi connectivity index (χ0) is 16.7. The maximum Gasteiger partial charge on any atom is 0.316 e. The third-order valence-corrected chi connectivity index (χ3v) is 4.19. The van der Waals surface area contributed by atoms with E-state index in [1.54, 1.807) is 17.7 Å². The van der Waals surface area contributed by atoms with Crippen molar-refractivity contribution in [2.45, 2.75) is 31.3 Å². The number of carbonyl (C=O) groups excluding carboxylic acids is 1. The number of rotatable bonds is 8. The van der Waals surface area contributed by atoms with Gasteiger partial charge in [0.15, 0.2) is 5.16 Å². The number of hydrogen-bond donors (Lipinski definition) is 2. The number of thioether (sulfide) groups is 1. The van der Waals surface area contributed by atoms with Gasteiger partial charge in [-0.2, -0.15) is 0 Å². The van der Waals surface area contributed by atoms with Crippen LogP contribution in [0.1, 0.15) is 24.3 Å². The van der Waals surface area contributed by atoms with Crippen LogP contribution in [0.25, 0.3) is 0 Å². The minimum absolute atomic E-state index is 0.136. The summed E-state index contributed by atoms with van der Waals surface area (Å²) in [5, 5.41) is 20.4. The Morgan fingerprint density at radius 2 is 2.13 bits per heavy atom. The van der Waals surface area contributed by atoms with E-state index in [0.29, 0.717) is 17.5 Å². The first-order valence-corrected chi connectivity index (χ1v) is 8.31. The number of imidazole rings is 1. The molecule has 7 heteroatoms. The highest BCUT2D eigenvalue weighted by molar-refractivity contribution is 7.99. The van der Waals surface area contributed by atoms with Crippen molar-refractivity contribution in [2.75, 3.05) is 12.4 Å². The predicted octanol–water partition coefficient (Wildman–Crippen LogP) is 1.76. The van der Waals surface area contributed by atoms with Crippen LogP contribution in [0, 0.1) is 0 Å². The number of carbonyl (C=O) groups is 1. The van der Waals surface area contributed by atoms with Crippen molar-refractivity contribution in [1.82, 2.24) is 9.55 Å². The zero-order valence-corrected chi connectivity index (χ0v) is 13.7. The summed E-state index contributed by atoms with van der Waals surface area (Å²) in [6.45, 7) is 2.16. The van der Waals surface area contributed by atoms with Gasteiger partial charge in [0.25, 0.3) is 0 Å². The Labute approximate surface area is 139 Å². The second-order valence-corrected chi connectivity index (χ2v) is 5.76. The molecule has 0 fully saturated rings. The quantitative estimate of drug-likeness (QED) is 0.564. The van der Waals surface area contributed by atoms with E-state index in [2.05, 4.69) is 4.98 Å². The van der Waals surface area contributed by atoms with Crippen LogP contribution in [0.5, 0.6) is 0 Å². The lowest BCUT2D eigenvalue weighted by Gasteiger charge is -2.15. The molecule has 2 aromatic rings. The SMILES string of the molecule is CCOC(=O)CSc1ncc(CO)n1CC(O)c1ccccc1. The van der Waals surface area contributed by atoms with Crippen molar-refractivity contribution in [3.05, 3.63) is 47.8 Å². The number of aliphatic hydroxyl groups is 2. The van der Waals surface area contributed by atoms with Crippen molar-refractivity contribution >= 4 is 17.7 Å². The molecule has 0 aliphatic rings. The van der Waals surface area contributed by atoms with Gasteiger partial charge in [0.1, 0.15) is 0 Å². The van der Waals surface area contributed by atoms with E-state index in [9.17, 15) is 15.0 Å². The number of esters is 1. The van der Waals surface area contributed by atoms with Gasteiger partial charge < -0.3 is 19.5 Å². The maximum atomic E-state index is 11.5. The molecule has 124 valence electrons. The van der Waals surface area contributed by atoms with Crippen LogP contribution in [0.2, 0.25) is 0 Å². The van der Waals surface area contributed by atoms with E-state index < -0.39 is 6.10 Å². The molecule has 0 bridgehead atoms. The minimum Gasteiger partial charge on any atom is -0.465 e. The standard InChI is InChI=1S/C16H20N2O4S/c1-2-22-15(21)11-23-16-17-8-13(10-19)18(16)9-14(20)12-6-4-3-5-7-12/h3-8,14,19-20H,2,9-11H2,1H3. The number of nitrogens with zero attached hydrogens (tertiary/aromatic N) is 2. The lowest BCUT2D eigenvalue weighted by atomic mass is 10.1. The van der Waals surface area contributed by atoms with Gasteiger partial charge in [-0.25, -0.2) is 4.98 Å². The second kappa shape index (κ2) is 8.71. The van der Waals surface area contributed by atoms with Crippen LogP contribution < -0.4 is 0 Å². The van der Waals surface area contributed by atoms with Crippen molar-refractivity contribution < 1.29 is 19.7 Å². The molecule has 1 aromatic carbocycles. The van der Waals surface area contributed by atoms with Crippen LogP contribution in [0.4, 0.5) is 0 Å². The molecular weight excluding hydrogens is 316 g/mol. The number of aromatic nitrogens is 2. The number of benzene rings is 1. The van der Waals surface area contributed by atoms with Gasteiger partial charge in [-0.3, -0.25) is 4.79 Å². The summed E-state index contributed by atoms with van der Waals surface area (Å²) in [4.78, 5) is 15.7. The van der Waals surface area contributed by atoms with Crippen molar-refractivity contribution in [3.63, 3.8) is 0 Å². The molecule has 0 amide bonds. The van der Waals surface area contributed by atoms with Gasteiger partial charge in [-0.1, -0.05) is 42.1 Å². The summed E-state index contributed by atoms with van der Waals surface area (Å²) in [5.41, 5.74) is 1.37. The van der Waals surface area contributed by atoms with Crippen molar-refractivity contribution in [1.29, 1.82) is 0 Å². The normalized spacial score (nSPS) is 12.1. The van der Waals surface area contributed by atoms with Crippen molar-refractivity contribution in [2.24, 2.45) is 0 Å². The molecule has 1 atom stereocenters. The Morgan fingerprint density at radius 1 is 1.39 bits per heavy atom. The van der Waals surface area contributed by atoms with Gasteiger partial charge in [-0.15, -0.1) is 0 Å². The fraction of sp³-hybridized carbons (Fsp3) is 0.375. The zero-order valence-electron chi connectivity index (χ0n) is 12.9. The summed E-state index contributed by atoms with van der Waals surface area (Å²) in [5.74, 6) is -0.182. The molecule has 23 heavy (non-hydrogen) atoms. The highest BCUT2D eigenvalue weighted by Gasteiger charge is 2.16. The maximum absolute atomic E-state index is 11.5. The highest BCUT2D eigenvalue weighted by atomic mass is 32.2. The summed E-state index contributed by atoms with van der Waals surface area (Å²) in [6, 6.07) is 9.27. The van der Waals surface area contributed by atoms with E-state index in [1.165, 1.54) is 11.8 Å². The molecular formula is C16H20N2O4S.